The summed E-state index contributed by atoms with van der Waals surface area (Å²) in [5, 5.41) is 4.23. The number of rotatable bonds is 4. The number of aromatic nitrogens is 3. The largest absolute Gasteiger partial charge is 0.351 e. The van der Waals surface area contributed by atoms with Crippen LogP contribution in [-0.2, 0) is 0 Å². The summed E-state index contributed by atoms with van der Waals surface area (Å²) in [5.41, 5.74) is 6.67. The number of thiocarbonyl (C=S) groups is 1. The van der Waals surface area contributed by atoms with Crippen molar-refractivity contribution >= 4 is 23.0 Å². The average molecular weight is 426 g/mol. The summed E-state index contributed by atoms with van der Waals surface area (Å²) in [6, 6.07) is 20.6. The number of hydrogen-bond donors (Lipinski definition) is 1. The number of anilines is 1. The molecule has 1 aromatic carbocycles. The monoisotopic (exact) mass is 425 g/mol. The third-order valence-corrected chi connectivity index (χ3v) is 6.19. The van der Waals surface area contributed by atoms with Gasteiger partial charge in [-0.25, -0.2) is 0 Å². The van der Waals surface area contributed by atoms with Crippen LogP contribution in [-0.4, -0.2) is 19.6 Å². The molecule has 1 aliphatic heterocycles. The second-order valence-corrected chi connectivity index (χ2v) is 8.17. The molecule has 1 fully saturated rings. The van der Waals surface area contributed by atoms with Gasteiger partial charge in [0.05, 0.1) is 23.6 Å². The van der Waals surface area contributed by atoms with E-state index in [0.29, 0.717) is 5.11 Å². The smallest absolute Gasteiger partial charge is 0.174 e. The highest BCUT2D eigenvalue weighted by Gasteiger charge is 2.42. The molecule has 4 aromatic rings. The van der Waals surface area contributed by atoms with E-state index in [4.69, 9.17) is 12.2 Å². The first-order chi connectivity index (χ1) is 15.1. The summed E-state index contributed by atoms with van der Waals surface area (Å²) >= 11 is 5.85. The topological polar surface area (TPSA) is 46.0 Å². The molecule has 4 heterocycles. The zero-order valence-corrected chi connectivity index (χ0v) is 18.3. The summed E-state index contributed by atoms with van der Waals surface area (Å²) in [4.78, 5) is 11.2. The second kappa shape index (κ2) is 7.96. The maximum Gasteiger partial charge on any atom is 0.174 e. The number of nitrogens with zero attached hydrogens (tertiary/aromatic N) is 4. The molecule has 0 amide bonds. The van der Waals surface area contributed by atoms with Crippen LogP contribution in [0.1, 0.15) is 34.6 Å². The third-order valence-electron chi connectivity index (χ3n) is 5.87. The van der Waals surface area contributed by atoms with Crippen LogP contribution in [0.2, 0.25) is 0 Å². The molecule has 5 nitrogen and oxygen atoms in total. The predicted octanol–water partition coefficient (Wildman–Crippen LogP) is 5.06. The summed E-state index contributed by atoms with van der Waals surface area (Å²) in [7, 11) is 0. The van der Waals surface area contributed by atoms with Gasteiger partial charge in [0.15, 0.2) is 5.11 Å². The summed E-state index contributed by atoms with van der Waals surface area (Å²) in [6.45, 7) is 4.26. The summed E-state index contributed by atoms with van der Waals surface area (Å²) < 4.78 is 2.18. The van der Waals surface area contributed by atoms with Crippen LogP contribution in [0.4, 0.5) is 5.69 Å². The summed E-state index contributed by atoms with van der Waals surface area (Å²) in [5.74, 6) is 0. The van der Waals surface area contributed by atoms with Crippen LogP contribution in [0.5, 0.6) is 0 Å². The Hall–Kier alpha value is -3.51. The van der Waals surface area contributed by atoms with Gasteiger partial charge in [0.1, 0.15) is 6.04 Å². The Kier molecular flexibility index (Phi) is 5.00. The molecule has 0 unspecified atom stereocenters. The molecule has 6 heteroatoms. The minimum atomic E-state index is -0.0827. The van der Waals surface area contributed by atoms with Gasteiger partial charge in [-0.05, 0) is 85.7 Å². The van der Waals surface area contributed by atoms with Crippen molar-refractivity contribution in [2.45, 2.75) is 25.9 Å². The highest BCUT2D eigenvalue weighted by molar-refractivity contribution is 7.80. The van der Waals surface area contributed by atoms with E-state index in [0.717, 1.165) is 22.8 Å². The number of nitrogens with one attached hydrogen (secondary N) is 1. The minimum absolute atomic E-state index is 0.0697. The zero-order chi connectivity index (χ0) is 21.4. The van der Waals surface area contributed by atoms with Gasteiger partial charge in [-0.15, -0.1) is 0 Å². The lowest BCUT2D eigenvalue weighted by Crippen LogP contribution is -2.30. The van der Waals surface area contributed by atoms with Gasteiger partial charge in [-0.1, -0.05) is 12.1 Å². The van der Waals surface area contributed by atoms with Crippen molar-refractivity contribution in [2.75, 3.05) is 4.90 Å². The van der Waals surface area contributed by atoms with E-state index in [1.165, 1.54) is 11.1 Å². The Morgan fingerprint density at radius 2 is 1.81 bits per heavy atom. The van der Waals surface area contributed by atoms with E-state index in [1.54, 1.807) is 6.20 Å². The standard InChI is InChI=1S/C25H23N5S/c1-17-10-11-19(15-18(17)2)30-24(23(28-25(30)31)21-8-3-4-13-27-21)22-9-6-14-29(22)20-7-5-12-26-16-20/h3-16,23-24H,1-2H3,(H,28,31)/t23-,24+/m0/s1. The minimum Gasteiger partial charge on any atom is -0.351 e. The van der Waals surface area contributed by atoms with Gasteiger partial charge in [0.2, 0.25) is 0 Å². The van der Waals surface area contributed by atoms with Crippen molar-refractivity contribution in [3.8, 4) is 5.69 Å². The molecule has 0 saturated carbocycles. The fraction of sp³-hybridized carbons (Fsp3) is 0.160. The van der Waals surface area contributed by atoms with Gasteiger partial charge in [-0.3, -0.25) is 9.97 Å². The quantitative estimate of drug-likeness (QED) is 0.463. The SMILES string of the molecule is Cc1ccc(N2C(=S)N[C@@H](c3ccccn3)[C@H]2c2cccn2-c2cccnc2)cc1C. The number of benzene rings is 1. The highest BCUT2D eigenvalue weighted by Crippen LogP contribution is 2.42. The lowest BCUT2D eigenvalue weighted by Gasteiger charge is -2.29. The van der Waals surface area contributed by atoms with E-state index in [9.17, 15) is 0 Å². The molecule has 2 atom stereocenters. The Morgan fingerprint density at radius 3 is 2.55 bits per heavy atom. The van der Waals surface area contributed by atoms with Gasteiger partial charge < -0.3 is 14.8 Å². The van der Waals surface area contributed by atoms with Crippen molar-refractivity contribution < 1.29 is 0 Å². The maximum atomic E-state index is 5.85. The normalized spacial score (nSPS) is 18.3. The highest BCUT2D eigenvalue weighted by atomic mass is 32.1. The van der Waals surface area contributed by atoms with E-state index < -0.39 is 0 Å². The molecule has 1 saturated heterocycles. The lowest BCUT2D eigenvalue weighted by atomic mass is 10.00. The van der Waals surface area contributed by atoms with Gasteiger partial charge >= 0.3 is 0 Å². The number of aryl methyl sites for hydroxylation is 2. The molecule has 0 spiro atoms. The van der Waals surface area contributed by atoms with Crippen molar-refractivity contribution in [2.24, 2.45) is 0 Å². The van der Waals surface area contributed by atoms with Crippen LogP contribution < -0.4 is 10.2 Å². The molecule has 0 bridgehead atoms. The van der Waals surface area contributed by atoms with E-state index in [-0.39, 0.29) is 12.1 Å². The van der Waals surface area contributed by atoms with E-state index in [1.807, 2.05) is 30.6 Å². The molecule has 1 N–H and O–H groups in total. The first-order valence-electron chi connectivity index (χ1n) is 10.3. The predicted molar refractivity (Wildman–Crippen MR) is 127 cm³/mol. The second-order valence-electron chi connectivity index (χ2n) is 7.78. The third kappa shape index (κ3) is 3.49. The van der Waals surface area contributed by atoms with Crippen molar-refractivity contribution in [3.05, 3.63) is 108 Å². The van der Waals surface area contributed by atoms with Crippen LogP contribution in [0, 0.1) is 13.8 Å². The van der Waals surface area contributed by atoms with Gasteiger partial charge in [0, 0.05) is 30.0 Å². The summed E-state index contributed by atoms with van der Waals surface area (Å²) in [6.07, 6.45) is 7.56. The molecule has 3 aromatic heterocycles. The van der Waals surface area contributed by atoms with Crippen LogP contribution >= 0.6 is 12.2 Å². The van der Waals surface area contributed by atoms with E-state index >= 15 is 0 Å². The Morgan fingerprint density at radius 1 is 0.903 bits per heavy atom. The zero-order valence-electron chi connectivity index (χ0n) is 17.4. The molecular weight excluding hydrogens is 402 g/mol. The molecule has 1 aliphatic rings. The van der Waals surface area contributed by atoms with Crippen LogP contribution in [0.15, 0.2) is 85.5 Å². The maximum absolute atomic E-state index is 5.85. The Bertz CT molecular complexity index is 1220. The molecule has 5 rings (SSSR count). The van der Waals surface area contributed by atoms with Crippen molar-refractivity contribution in [1.29, 1.82) is 0 Å². The fourth-order valence-electron chi connectivity index (χ4n) is 4.18. The van der Waals surface area contributed by atoms with Crippen LogP contribution in [0.3, 0.4) is 0 Å². The Labute approximate surface area is 187 Å². The van der Waals surface area contributed by atoms with Gasteiger partial charge in [0.25, 0.3) is 0 Å². The van der Waals surface area contributed by atoms with Gasteiger partial charge in [-0.2, -0.15) is 0 Å². The Balaban J connectivity index is 1.68. The van der Waals surface area contributed by atoms with E-state index in [2.05, 4.69) is 87.3 Å². The molecule has 0 radical (unpaired) electrons. The lowest BCUT2D eigenvalue weighted by molar-refractivity contribution is 0.549. The molecule has 0 aliphatic carbocycles. The number of pyridine rings is 2. The van der Waals surface area contributed by atoms with Crippen molar-refractivity contribution in [3.63, 3.8) is 0 Å². The fourth-order valence-corrected chi connectivity index (χ4v) is 4.52. The average Bonchev–Trinajstić information content (AvgIpc) is 3.41. The first kappa shape index (κ1) is 19.5. The van der Waals surface area contributed by atoms with Crippen molar-refractivity contribution in [1.82, 2.24) is 19.9 Å². The number of hydrogen-bond acceptors (Lipinski definition) is 3. The molecule has 154 valence electrons. The molecule has 31 heavy (non-hydrogen) atoms. The van der Waals surface area contributed by atoms with Crippen LogP contribution in [0.25, 0.3) is 5.69 Å². The molecular formula is C25H23N5S. The first-order valence-corrected chi connectivity index (χ1v) is 10.7.